The molecule has 3 N–H and O–H groups in total. The minimum absolute atomic E-state index is 0.307. The Kier molecular flexibility index (Phi) is 6.45. The summed E-state index contributed by atoms with van der Waals surface area (Å²) in [4.78, 5) is 22.6. The lowest BCUT2D eigenvalue weighted by molar-refractivity contribution is -0.192. The van der Waals surface area contributed by atoms with Gasteiger partial charge in [-0.25, -0.2) is 24.1 Å². The Balaban J connectivity index is 0.000000325. The predicted octanol–water partition coefficient (Wildman–Crippen LogP) is 3.61. The molecule has 1 aliphatic carbocycles. The van der Waals surface area contributed by atoms with Crippen LogP contribution in [0.2, 0.25) is 0 Å². The number of piperidine rings is 1. The minimum atomic E-state index is -5.08. The molecule has 1 saturated heterocycles. The quantitative estimate of drug-likeness (QED) is 0.505. The van der Waals surface area contributed by atoms with E-state index in [2.05, 4.69) is 20.6 Å². The third-order valence-corrected chi connectivity index (χ3v) is 5.41. The highest BCUT2D eigenvalue weighted by molar-refractivity contribution is 5.73. The van der Waals surface area contributed by atoms with Crippen LogP contribution in [0.15, 0.2) is 30.7 Å². The molecule has 0 aromatic carbocycles. The number of carboxylic acids is 1. The molecule has 1 atom stereocenters. The van der Waals surface area contributed by atoms with Crippen LogP contribution in [-0.2, 0) is 4.79 Å². The highest BCUT2D eigenvalue weighted by Crippen LogP contribution is 2.43. The second kappa shape index (κ2) is 9.30. The molecule has 176 valence electrons. The fourth-order valence-electron chi connectivity index (χ4n) is 3.61. The van der Waals surface area contributed by atoms with E-state index < -0.39 is 12.1 Å². The number of nitrogens with one attached hydrogen (secondary N) is 2. The van der Waals surface area contributed by atoms with Crippen LogP contribution in [-0.4, -0.2) is 55.7 Å². The van der Waals surface area contributed by atoms with Crippen molar-refractivity contribution in [3.05, 3.63) is 42.1 Å². The Labute approximate surface area is 186 Å². The van der Waals surface area contributed by atoms with E-state index in [0.29, 0.717) is 29.1 Å². The number of anilines is 1. The van der Waals surface area contributed by atoms with Crippen molar-refractivity contribution in [2.45, 2.75) is 43.8 Å². The third-order valence-electron chi connectivity index (χ3n) is 5.41. The summed E-state index contributed by atoms with van der Waals surface area (Å²) in [6.45, 7) is 2.03. The smallest absolute Gasteiger partial charge is 0.475 e. The third kappa shape index (κ3) is 5.56. The SMILES string of the molecule is Fc1ccc2ncc(-c3ncc(C4CC4)c(N[C@@H]4CCCNC4)n3)n2c1.O=C(O)C(F)(F)F. The summed E-state index contributed by atoms with van der Waals surface area (Å²) in [5, 5.41) is 14.2. The van der Waals surface area contributed by atoms with Gasteiger partial charge in [-0.3, -0.25) is 4.40 Å². The Bertz CT molecular complexity index is 1140. The summed E-state index contributed by atoms with van der Waals surface area (Å²) >= 11 is 0. The number of fused-ring (bicyclic) bond motifs is 1. The Morgan fingerprint density at radius 3 is 2.58 bits per heavy atom. The van der Waals surface area contributed by atoms with Gasteiger partial charge in [-0.15, -0.1) is 0 Å². The van der Waals surface area contributed by atoms with Crippen LogP contribution in [0.1, 0.15) is 37.2 Å². The number of halogens is 4. The predicted molar refractivity (Wildman–Crippen MR) is 111 cm³/mol. The van der Waals surface area contributed by atoms with Crippen molar-refractivity contribution in [1.29, 1.82) is 0 Å². The molecule has 5 rings (SSSR count). The van der Waals surface area contributed by atoms with Gasteiger partial charge in [0.1, 0.15) is 23.0 Å². The van der Waals surface area contributed by atoms with Crippen LogP contribution >= 0.6 is 0 Å². The summed E-state index contributed by atoms with van der Waals surface area (Å²) < 4.78 is 47.1. The minimum Gasteiger partial charge on any atom is -0.475 e. The van der Waals surface area contributed by atoms with Crippen molar-refractivity contribution in [2.75, 3.05) is 18.4 Å². The molecule has 3 aromatic rings. The maximum absolute atomic E-state index is 13.7. The fraction of sp³-hybridized carbons (Fsp3) is 0.429. The number of aromatic nitrogens is 4. The van der Waals surface area contributed by atoms with Gasteiger partial charge in [-0.1, -0.05) is 0 Å². The van der Waals surface area contributed by atoms with Gasteiger partial charge in [0.05, 0.1) is 6.20 Å². The number of rotatable bonds is 4. The van der Waals surface area contributed by atoms with Gasteiger partial charge in [0.15, 0.2) is 5.82 Å². The number of carbonyl (C=O) groups is 1. The average Bonchev–Trinajstić information content (AvgIpc) is 3.53. The number of hydrogen-bond donors (Lipinski definition) is 3. The highest BCUT2D eigenvalue weighted by Gasteiger charge is 2.38. The van der Waals surface area contributed by atoms with Crippen molar-refractivity contribution >= 4 is 17.4 Å². The number of imidazole rings is 1. The van der Waals surface area contributed by atoms with Crippen molar-refractivity contribution in [3.8, 4) is 11.5 Å². The van der Waals surface area contributed by atoms with Crippen LogP contribution in [0.4, 0.5) is 23.4 Å². The molecule has 33 heavy (non-hydrogen) atoms. The normalized spacial score (nSPS) is 18.5. The maximum atomic E-state index is 13.7. The number of hydrogen-bond acceptors (Lipinski definition) is 6. The van der Waals surface area contributed by atoms with Crippen LogP contribution in [0, 0.1) is 5.82 Å². The van der Waals surface area contributed by atoms with Crippen LogP contribution in [0.3, 0.4) is 0 Å². The second-order valence-corrected chi connectivity index (χ2v) is 7.98. The van der Waals surface area contributed by atoms with Gasteiger partial charge in [0.2, 0.25) is 0 Å². The lowest BCUT2D eigenvalue weighted by atomic mass is 10.1. The molecule has 1 saturated carbocycles. The molecule has 2 aliphatic rings. The monoisotopic (exact) mass is 466 g/mol. The van der Waals surface area contributed by atoms with Gasteiger partial charge >= 0.3 is 12.1 Å². The summed E-state index contributed by atoms with van der Waals surface area (Å²) in [6.07, 6.45) is 4.67. The number of nitrogens with zero attached hydrogens (tertiary/aromatic N) is 4. The zero-order valence-corrected chi connectivity index (χ0v) is 17.4. The Morgan fingerprint density at radius 2 is 1.94 bits per heavy atom. The summed E-state index contributed by atoms with van der Waals surface area (Å²) in [7, 11) is 0. The van der Waals surface area contributed by atoms with Gasteiger partial charge in [-0.2, -0.15) is 13.2 Å². The van der Waals surface area contributed by atoms with Gasteiger partial charge < -0.3 is 15.7 Å². The largest absolute Gasteiger partial charge is 0.490 e. The van der Waals surface area contributed by atoms with Gasteiger partial charge in [0, 0.05) is 30.5 Å². The molecule has 0 spiro atoms. The van der Waals surface area contributed by atoms with E-state index >= 15 is 0 Å². The van der Waals surface area contributed by atoms with E-state index in [-0.39, 0.29) is 5.82 Å². The molecule has 0 bridgehead atoms. The van der Waals surface area contributed by atoms with E-state index in [1.807, 2.05) is 6.20 Å². The first kappa shape index (κ1) is 22.9. The second-order valence-electron chi connectivity index (χ2n) is 7.98. The van der Waals surface area contributed by atoms with Crippen molar-refractivity contribution in [1.82, 2.24) is 24.7 Å². The Morgan fingerprint density at radius 1 is 1.18 bits per heavy atom. The van der Waals surface area contributed by atoms with Crippen LogP contribution in [0.25, 0.3) is 17.2 Å². The molecular formula is C21H22F4N6O2. The van der Waals surface area contributed by atoms with Crippen LogP contribution < -0.4 is 10.6 Å². The molecular weight excluding hydrogens is 444 g/mol. The fourth-order valence-corrected chi connectivity index (χ4v) is 3.61. The van der Waals surface area contributed by atoms with E-state index in [4.69, 9.17) is 14.9 Å². The molecule has 1 aliphatic heterocycles. The average molecular weight is 466 g/mol. The maximum Gasteiger partial charge on any atom is 0.490 e. The van der Waals surface area contributed by atoms with Crippen molar-refractivity contribution in [3.63, 3.8) is 0 Å². The first-order valence-electron chi connectivity index (χ1n) is 10.5. The zero-order valence-electron chi connectivity index (χ0n) is 17.4. The molecule has 0 unspecified atom stereocenters. The number of aliphatic carboxylic acids is 1. The van der Waals surface area contributed by atoms with E-state index in [9.17, 15) is 17.6 Å². The summed E-state index contributed by atoms with van der Waals surface area (Å²) in [5.74, 6) is -1.02. The summed E-state index contributed by atoms with van der Waals surface area (Å²) in [6, 6.07) is 3.44. The van der Waals surface area contributed by atoms with Crippen molar-refractivity contribution in [2.24, 2.45) is 0 Å². The van der Waals surface area contributed by atoms with Crippen LogP contribution in [0.5, 0.6) is 0 Å². The molecule has 4 heterocycles. The standard InChI is InChI=1S/C19H21FN6.C2HF3O2/c20-13-5-6-17-22-10-16(26(17)11-13)19-23-9-15(12-3-4-12)18(25-19)24-14-2-1-7-21-8-14;3-2(4,5)1(6)7/h5-6,9-12,14,21H,1-4,7-8H2,(H,23,24,25);(H,6,7)/t14-;/m1./s1. The Hall–Kier alpha value is -3.28. The van der Waals surface area contributed by atoms with Gasteiger partial charge in [0.25, 0.3) is 0 Å². The lowest BCUT2D eigenvalue weighted by Crippen LogP contribution is -2.38. The molecule has 2 fully saturated rings. The first-order chi connectivity index (χ1) is 15.7. The van der Waals surface area contributed by atoms with E-state index in [1.165, 1.54) is 37.1 Å². The number of carboxylic acid groups (broad SMARTS) is 1. The number of alkyl halides is 3. The molecule has 8 nitrogen and oxygen atoms in total. The zero-order chi connectivity index (χ0) is 23.6. The topological polar surface area (TPSA) is 104 Å². The first-order valence-corrected chi connectivity index (χ1v) is 10.5. The van der Waals surface area contributed by atoms with E-state index in [1.54, 1.807) is 16.7 Å². The lowest BCUT2D eigenvalue weighted by Gasteiger charge is -2.25. The van der Waals surface area contributed by atoms with E-state index in [0.717, 1.165) is 25.3 Å². The molecule has 0 radical (unpaired) electrons. The molecule has 0 amide bonds. The molecule has 12 heteroatoms. The summed E-state index contributed by atoms with van der Waals surface area (Å²) in [5.41, 5.74) is 2.58. The van der Waals surface area contributed by atoms with Crippen molar-refractivity contribution < 1.29 is 27.5 Å². The molecule has 3 aromatic heterocycles. The van der Waals surface area contributed by atoms with Gasteiger partial charge in [-0.05, 0) is 50.3 Å². The number of pyridine rings is 1. The highest BCUT2D eigenvalue weighted by atomic mass is 19.4.